The molecule has 2 rings (SSSR count). The lowest BCUT2D eigenvalue weighted by atomic mass is 10.1. The summed E-state index contributed by atoms with van der Waals surface area (Å²) in [5, 5.41) is 12.9. The Hall–Kier alpha value is -0.540. The Morgan fingerprint density at radius 2 is 1.61 bits per heavy atom. The first-order valence-electron chi connectivity index (χ1n) is 7.56. The van der Waals surface area contributed by atoms with E-state index in [2.05, 4.69) is 83.4 Å². The smallest absolute Gasteiger partial charge is 0.154 e. The second-order valence-corrected chi connectivity index (χ2v) is 8.24. The topological polar surface area (TPSA) is 41.5 Å². The van der Waals surface area contributed by atoms with Crippen molar-refractivity contribution in [2.45, 2.75) is 39.3 Å². The van der Waals surface area contributed by atoms with Crippen molar-refractivity contribution >= 4 is 45.2 Å². The molecule has 0 fully saturated rings. The number of aromatic hydroxyl groups is 1. The zero-order chi connectivity index (χ0) is 17.0. The molecule has 124 valence electrons. The van der Waals surface area contributed by atoms with E-state index >= 15 is 0 Å². The van der Waals surface area contributed by atoms with Crippen molar-refractivity contribution in [2.24, 2.45) is 0 Å². The summed E-state index contributed by atoms with van der Waals surface area (Å²) >= 11 is 4.64. The molecule has 0 aliphatic rings. The molecular weight excluding hydrogens is 516 g/mol. The van der Waals surface area contributed by atoms with Crippen LogP contribution >= 0.6 is 45.2 Å². The van der Waals surface area contributed by atoms with E-state index < -0.39 is 0 Å². The summed E-state index contributed by atoms with van der Waals surface area (Å²) in [5.41, 5.74) is 1.30. The van der Waals surface area contributed by atoms with Gasteiger partial charge in [-0.3, -0.25) is 0 Å². The molecule has 23 heavy (non-hydrogen) atoms. The molecule has 0 aromatic heterocycles. The van der Waals surface area contributed by atoms with E-state index in [-0.39, 0.29) is 5.75 Å². The van der Waals surface area contributed by atoms with Crippen LogP contribution in [0.15, 0.2) is 36.4 Å². The van der Waals surface area contributed by atoms with E-state index in [0.29, 0.717) is 12.1 Å². The standard InChI is InChI=1S/C18H21I2NO2/c1-11(2)21-12(3)8-13-9-16(19)18(17(20)10-13)23-15-6-4-14(22)5-7-15/h4-7,9-12,21-22H,8H2,1-3H3. The molecule has 0 aliphatic carbocycles. The van der Waals surface area contributed by atoms with Crippen LogP contribution in [0, 0.1) is 7.14 Å². The van der Waals surface area contributed by atoms with Crippen molar-refractivity contribution in [1.29, 1.82) is 0 Å². The van der Waals surface area contributed by atoms with Crippen molar-refractivity contribution in [3.05, 3.63) is 49.1 Å². The predicted molar refractivity (Wildman–Crippen MR) is 111 cm³/mol. The summed E-state index contributed by atoms with van der Waals surface area (Å²) in [5.74, 6) is 1.83. The van der Waals surface area contributed by atoms with Crippen LogP contribution in [0.25, 0.3) is 0 Å². The zero-order valence-electron chi connectivity index (χ0n) is 13.4. The Labute approximate surface area is 165 Å². The molecule has 0 radical (unpaired) electrons. The first-order chi connectivity index (χ1) is 10.8. The Kier molecular flexibility index (Phi) is 6.97. The summed E-state index contributed by atoms with van der Waals surface area (Å²) in [7, 11) is 0. The first-order valence-corrected chi connectivity index (χ1v) is 9.71. The second-order valence-electron chi connectivity index (χ2n) is 5.91. The molecule has 3 nitrogen and oxygen atoms in total. The summed E-state index contributed by atoms with van der Waals surface area (Å²) < 4.78 is 8.16. The van der Waals surface area contributed by atoms with Crippen LogP contribution in [0.2, 0.25) is 0 Å². The van der Waals surface area contributed by atoms with Gasteiger partial charge in [-0.2, -0.15) is 0 Å². The van der Waals surface area contributed by atoms with Gasteiger partial charge in [0, 0.05) is 12.1 Å². The number of rotatable bonds is 6. The average molecular weight is 537 g/mol. The van der Waals surface area contributed by atoms with Gasteiger partial charge in [0.05, 0.1) is 7.14 Å². The van der Waals surface area contributed by atoms with E-state index in [0.717, 1.165) is 25.1 Å². The van der Waals surface area contributed by atoms with Crippen molar-refractivity contribution in [3.8, 4) is 17.2 Å². The maximum Gasteiger partial charge on any atom is 0.154 e. The quantitative estimate of drug-likeness (QED) is 0.491. The number of nitrogens with one attached hydrogen (secondary N) is 1. The van der Waals surface area contributed by atoms with Crippen LogP contribution in [-0.4, -0.2) is 17.2 Å². The van der Waals surface area contributed by atoms with Gasteiger partial charge in [-0.15, -0.1) is 0 Å². The highest BCUT2D eigenvalue weighted by molar-refractivity contribution is 14.1. The predicted octanol–water partition coefficient (Wildman–Crippen LogP) is 5.32. The molecule has 2 aromatic rings. The number of benzene rings is 2. The molecule has 0 amide bonds. The van der Waals surface area contributed by atoms with Gasteiger partial charge in [0.2, 0.25) is 0 Å². The number of phenolic OH excluding ortho intramolecular Hbond substituents is 1. The molecular formula is C18H21I2NO2. The van der Waals surface area contributed by atoms with E-state index in [1.165, 1.54) is 5.56 Å². The average Bonchev–Trinajstić information content (AvgIpc) is 2.44. The van der Waals surface area contributed by atoms with E-state index in [1.54, 1.807) is 24.3 Å². The van der Waals surface area contributed by atoms with Crippen molar-refractivity contribution < 1.29 is 9.84 Å². The lowest BCUT2D eigenvalue weighted by Gasteiger charge is -2.18. The fourth-order valence-corrected chi connectivity index (χ4v) is 4.56. The highest BCUT2D eigenvalue weighted by atomic mass is 127. The molecule has 0 saturated heterocycles. The van der Waals surface area contributed by atoms with Crippen LogP contribution in [0.5, 0.6) is 17.2 Å². The van der Waals surface area contributed by atoms with Crippen LogP contribution in [0.3, 0.4) is 0 Å². The van der Waals surface area contributed by atoms with Gasteiger partial charge < -0.3 is 15.2 Å². The zero-order valence-corrected chi connectivity index (χ0v) is 17.8. The van der Waals surface area contributed by atoms with Gasteiger partial charge in [-0.05, 0) is 100 Å². The van der Waals surface area contributed by atoms with Gasteiger partial charge in [0.25, 0.3) is 0 Å². The normalized spacial score (nSPS) is 12.4. The largest absolute Gasteiger partial charge is 0.508 e. The summed E-state index contributed by atoms with van der Waals surface area (Å²) in [6.07, 6.45) is 0.990. The van der Waals surface area contributed by atoms with Crippen LogP contribution in [-0.2, 0) is 6.42 Å². The third-order valence-corrected chi connectivity index (χ3v) is 4.88. The van der Waals surface area contributed by atoms with E-state index in [4.69, 9.17) is 4.74 Å². The first kappa shape index (κ1) is 18.8. The molecule has 2 aromatic carbocycles. The summed E-state index contributed by atoms with van der Waals surface area (Å²) in [6, 6.07) is 12.1. The second kappa shape index (κ2) is 8.53. The summed E-state index contributed by atoms with van der Waals surface area (Å²) in [4.78, 5) is 0. The van der Waals surface area contributed by atoms with Gasteiger partial charge in [0.1, 0.15) is 11.5 Å². The van der Waals surface area contributed by atoms with Crippen LogP contribution in [0.4, 0.5) is 0 Å². The minimum absolute atomic E-state index is 0.240. The Morgan fingerprint density at radius 1 is 1.04 bits per heavy atom. The molecule has 1 atom stereocenters. The summed E-state index contributed by atoms with van der Waals surface area (Å²) in [6.45, 7) is 6.54. The third kappa shape index (κ3) is 5.79. The van der Waals surface area contributed by atoms with Gasteiger partial charge in [-0.25, -0.2) is 0 Å². The minimum atomic E-state index is 0.240. The van der Waals surface area contributed by atoms with Crippen molar-refractivity contribution in [3.63, 3.8) is 0 Å². The van der Waals surface area contributed by atoms with Gasteiger partial charge >= 0.3 is 0 Å². The molecule has 0 bridgehead atoms. The highest BCUT2D eigenvalue weighted by Crippen LogP contribution is 2.33. The Balaban J connectivity index is 2.15. The number of hydrogen-bond acceptors (Lipinski definition) is 3. The monoisotopic (exact) mass is 537 g/mol. The lowest BCUT2D eigenvalue weighted by Crippen LogP contribution is -2.33. The molecule has 5 heteroatoms. The van der Waals surface area contributed by atoms with Crippen LogP contribution in [0.1, 0.15) is 26.3 Å². The van der Waals surface area contributed by atoms with E-state index in [1.807, 2.05) is 0 Å². The van der Waals surface area contributed by atoms with Gasteiger partial charge in [-0.1, -0.05) is 13.8 Å². The molecule has 1 unspecified atom stereocenters. The molecule has 0 aliphatic heterocycles. The van der Waals surface area contributed by atoms with E-state index in [9.17, 15) is 5.11 Å². The Morgan fingerprint density at radius 3 is 2.13 bits per heavy atom. The third-order valence-electron chi connectivity index (χ3n) is 3.27. The fraction of sp³-hybridized carbons (Fsp3) is 0.333. The number of ether oxygens (including phenoxy) is 1. The van der Waals surface area contributed by atoms with Gasteiger partial charge in [0.15, 0.2) is 5.75 Å². The maximum atomic E-state index is 9.35. The Bertz CT molecular complexity index is 634. The van der Waals surface area contributed by atoms with Crippen molar-refractivity contribution in [2.75, 3.05) is 0 Å². The molecule has 2 N–H and O–H groups in total. The van der Waals surface area contributed by atoms with Crippen LogP contribution < -0.4 is 10.1 Å². The maximum absolute atomic E-state index is 9.35. The lowest BCUT2D eigenvalue weighted by molar-refractivity contribution is 0.461. The SMILES string of the molecule is CC(C)NC(C)Cc1cc(I)c(Oc2ccc(O)cc2)c(I)c1. The fourth-order valence-electron chi connectivity index (χ4n) is 2.44. The molecule has 0 spiro atoms. The minimum Gasteiger partial charge on any atom is -0.508 e. The highest BCUT2D eigenvalue weighted by Gasteiger charge is 2.12. The molecule has 0 heterocycles. The van der Waals surface area contributed by atoms with Crippen molar-refractivity contribution in [1.82, 2.24) is 5.32 Å². The number of hydrogen-bond donors (Lipinski definition) is 2. The molecule has 0 saturated carbocycles. The number of halogens is 2. The number of phenols is 1.